The Bertz CT molecular complexity index is 2020. The van der Waals surface area contributed by atoms with Crippen LogP contribution in [-0.4, -0.2) is 53.8 Å². The van der Waals surface area contributed by atoms with Gasteiger partial charge in [0.05, 0.1) is 17.2 Å². The molecule has 1 aliphatic heterocycles. The number of H-pyrrole nitrogens is 1. The SMILES string of the molecule is Cn1nc2nc1-c1cc(ccc1F)Oc1c(F)cc3[nH]ccc3c1CCSCC(C)(C)CCCC2(/C=N/O)c1cccc(CCC(=O)O)c1. The number of hydrogen-bond donors (Lipinski definition) is 3. The van der Waals surface area contributed by atoms with Crippen LogP contribution in [0.1, 0.15) is 62.0 Å². The fraction of sp³-hybridized carbons (Fsp3) is 0.351. The van der Waals surface area contributed by atoms with Gasteiger partial charge in [-0.2, -0.15) is 16.9 Å². The van der Waals surface area contributed by atoms with Crippen molar-refractivity contribution in [3.05, 3.63) is 94.9 Å². The summed E-state index contributed by atoms with van der Waals surface area (Å²) in [5, 5.41) is 28.5. The van der Waals surface area contributed by atoms with E-state index in [2.05, 4.69) is 24.0 Å². The average Bonchev–Trinajstić information content (AvgIpc) is 3.69. The van der Waals surface area contributed by atoms with Crippen molar-refractivity contribution in [3.8, 4) is 22.9 Å². The quantitative estimate of drug-likeness (QED) is 0.0965. The predicted molar refractivity (Wildman–Crippen MR) is 187 cm³/mol. The first-order valence-corrected chi connectivity index (χ1v) is 17.4. The van der Waals surface area contributed by atoms with Crippen LogP contribution in [0, 0.1) is 17.0 Å². The maximum absolute atomic E-state index is 15.6. The highest BCUT2D eigenvalue weighted by Crippen LogP contribution is 2.41. The number of rotatable bonds is 5. The molecule has 0 spiro atoms. The number of nitrogens with zero attached hydrogens (tertiary/aromatic N) is 4. The third kappa shape index (κ3) is 7.19. The van der Waals surface area contributed by atoms with Gasteiger partial charge in [0.1, 0.15) is 11.6 Å². The summed E-state index contributed by atoms with van der Waals surface area (Å²) < 4.78 is 38.9. The fourth-order valence-corrected chi connectivity index (χ4v) is 7.81. The number of aromatic nitrogens is 4. The standard InChI is InChI=1S/C37H39F2N5O4S/c1-36(2)14-5-15-37(21-41-47,24-7-4-6-23(18-24)8-11-32(45)46)35-42-34(44(3)43-35)28-19-25(9-10-29(28)38)48-33-27(13-17-49-22-36)26-12-16-40-31(26)20-30(33)39/h4,6-7,9-10,12,16,18-21,40,47H,5,8,11,13-15,17,22H2,1-3H3,(H,45,46)/b41-21+. The van der Waals surface area contributed by atoms with Crippen molar-refractivity contribution in [1.82, 2.24) is 19.7 Å². The maximum Gasteiger partial charge on any atom is 0.303 e. The lowest BCUT2D eigenvalue weighted by Crippen LogP contribution is -2.32. The molecule has 3 aromatic carbocycles. The van der Waals surface area contributed by atoms with Gasteiger partial charge in [0.25, 0.3) is 0 Å². The van der Waals surface area contributed by atoms with Crippen molar-refractivity contribution in [3.63, 3.8) is 0 Å². The molecule has 256 valence electrons. The first-order chi connectivity index (χ1) is 23.5. The molecule has 0 radical (unpaired) electrons. The molecule has 49 heavy (non-hydrogen) atoms. The number of carbonyl (C=O) groups is 1. The molecule has 2 aromatic heterocycles. The Morgan fingerprint density at radius 2 is 1.98 bits per heavy atom. The molecule has 1 aliphatic rings. The van der Waals surface area contributed by atoms with Crippen molar-refractivity contribution in [2.24, 2.45) is 17.6 Å². The van der Waals surface area contributed by atoms with Gasteiger partial charge >= 0.3 is 5.97 Å². The van der Waals surface area contributed by atoms with Crippen molar-refractivity contribution < 1.29 is 28.6 Å². The van der Waals surface area contributed by atoms with Gasteiger partial charge in [-0.3, -0.25) is 4.79 Å². The number of aryl methyl sites for hydroxylation is 3. The molecule has 3 N–H and O–H groups in total. The Morgan fingerprint density at radius 1 is 1.14 bits per heavy atom. The minimum Gasteiger partial charge on any atom is -0.481 e. The molecule has 0 amide bonds. The Kier molecular flexibility index (Phi) is 9.78. The molecular weight excluding hydrogens is 649 g/mol. The Labute approximate surface area is 287 Å². The van der Waals surface area contributed by atoms with E-state index in [-0.39, 0.29) is 34.7 Å². The summed E-state index contributed by atoms with van der Waals surface area (Å²) in [7, 11) is 1.66. The number of halogens is 2. The number of oxime groups is 1. The predicted octanol–water partition coefficient (Wildman–Crippen LogP) is 8.28. The van der Waals surface area contributed by atoms with Crippen LogP contribution in [-0.2, 0) is 30.1 Å². The van der Waals surface area contributed by atoms with Gasteiger partial charge in [0, 0.05) is 42.2 Å². The number of carboxylic acids is 1. The molecule has 1 unspecified atom stereocenters. The zero-order chi connectivity index (χ0) is 34.8. The van der Waals surface area contributed by atoms with Gasteiger partial charge in [-0.05, 0) is 78.0 Å². The number of carboxylic acid groups (broad SMARTS) is 1. The summed E-state index contributed by atoms with van der Waals surface area (Å²) in [5.41, 5.74) is 1.87. The number of aliphatic carboxylic acids is 1. The van der Waals surface area contributed by atoms with Gasteiger partial charge in [0.15, 0.2) is 23.2 Å². The van der Waals surface area contributed by atoms with E-state index in [1.165, 1.54) is 35.2 Å². The van der Waals surface area contributed by atoms with Gasteiger partial charge in [-0.15, -0.1) is 5.16 Å². The van der Waals surface area contributed by atoms with Crippen LogP contribution in [0.4, 0.5) is 8.78 Å². The molecule has 1 atom stereocenters. The molecule has 0 saturated heterocycles. The third-order valence-electron chi connectivity index (χ3n) is 9.19. The highest BCUT2D eigenvalue weighted by molar-refractivity contribution is 7.99. The molecule has 9 nitrogen and oxygen atoms in total. The van der Waals surface area contributed by atoms with Crippen molar-refractivity contribution in [1.29, 1.82) is 0 Å². The molecule has 5 aromatic rings. The maximum atomic E-state index is 15.6. The summed E-state index contributed by atoms with van der Waals surface area (Å²) in [6.45, 7) is 4.42. The van der Waals surface area contributed by atoms with E-state index < -0.39 is 23.0 Å². The first kappa shape index (κ1) is 34.2. The summed E-state index contributed by atoms with van der Waals surface area (Å²) in [5.74, 6) is 0.441. The molecule has 3 heterocycles. The number of hydrogen-bond acceptors (Lipinski definition) is 7. The second-order valence-corrected chi connectivity index (χ2v) is 14.5. The van der Waals surface area contributed by atoms with Crippen LogP contribution >= 0.6 is 11.8 Å². The van der Waals surface area contributed by atoms with Crippen LogP contribution in [0.15, 0.2) is 65.9 Å². The van der Waals surface area contributed by atoms with Crippen molar-refractivity contribution >= 4 is 34.8 Å². The van der Waals surface area contributed by atoms with Crippen molar-refractivity contribution in [2.45, 2.75) is 57.8 Å². The molecular formula is C37H39F2N5O4S. The zero-order valence-electron chi connectivity index (χ0n) is 27.7. The number of fused-ring (bicyclic) bond motifs is 8. The van der Waals surface area contributed by atoms with Crippen LogP contribution in [0.3, 0.4) is 0 Å². The number of aromatic amines is 1. The summed E-state index contributed by atoms with van der Waals surface area (Å²) in [6.07, 6.45) is 6.05. The van der Waals surface area contributed by atoms with Gasteiger partial charge in [-0.1, -0.05) is 44.5 Å². The molecule has 0 aliphatic carbocycles. The zero-order valence-corrected chi connectivity index (χ0v) is 28.5. The van der Waals surface area contributed by atoms with E-state index in [0.717, 1.165) is 40.0 Å². The van der Waals surface area contributed by atoms with Gasteiger partial charge in [-0.25, -0.2) is 18.4 Å². The Morgan fingerprint density at radius 3 is 2.78 bits per heavy atom. The van der Waals surface area contributed by atoms with E-state index in [1.54, 1.807) is 25.0 Å². The second-order valence-electron chi connectivity index (χ2n) is 13.4. The molecule has 0 fully saturated rings. The minimum absolute atomic E-state index is 0.0372. The average molecular weight is 688 g/mol. The van der Waals surface area contributed by atoms with Crippen LogP contribution in [0.5, 0.6) is 11.5 Å². The highest BCUT2D eigenvalue weighted by atomic mass is 32.2. The van der Waals surface area contributed by atoms with E-state index in [9.17, 15) is 15.1 Å². The molecule has 6 rings (SSSR count). The second kappa shape index (κ2) is 14.0. The molecule has 12 heteroatoms. The normalized spacial score (nSPS) is 18.5. The lowest BCUT2D eigenvalue weighted by atomic mass is 9.74. The third-order valence-corrected chi connectivity index (χ3v) is 10.7. The lowest BCUT2D eigenvalue weighted by molar-refractivity contribution is -0.136. The van der Waals surface area contributed by atoms with Crippen LogP contribution in [0.2, 0.25) is 0 Å². The summed E-state index contributed by atoms with van der Waals surface area (Å²) >= 11 is 1.79. The number of nitrogens with one attached hydrogen (secondary N) is 1. The van der Waals surface area contributed by atoms with Crippen molar-refractivity contribution in [2.75, 3.05) is 11.5 Å². The number of thioether (sulfide) groups is 1. The van der Waals surface area contributed by atoms with E-state index in [0.29, 0.717) is 37.0 Å². The smallest absolute Gasteiger partial charge is 0.303 e. The lowest BCUT2D eigenvalue weighted by Gasteiger charge is -2.30. The van der Waals surface area contributed by atoms with Gasteiger partial charge < -0.3 is 20.0 Å². The summed E-state index contributed by atoms with van der Waals surface area (Å²) in [6, 6.07) is 15.0. The first-order valence-electron chi connectivity index (χ1n) is 16.2. The van der Waals surface area contributed by atoms with E-state index >= 15 is 8.78 Å². The Balaban J connectivity index is 1.50. The molecule has 4 bridgehead atoms. The summed E-state index contributed by atoms with van der Waals surface area (Å²) in [4.78, 5) is 19.3. The minimum atomic E-state index is -1.12. The van der Waals surface area contributed by atoms with Crippen LogP contribution < -0.4 is 4.74 Å². The van der Waals surface area contributed by atoms with Crippen LogP contribution in [0.25, 0.3) is 22.3 Å². The number of ether oxygens (including phenoxy) is 1. The van der Waals surface area contributed by atoms with Gasteiger partial charge in [0.2, 0.25) is 0 Å². The van der Waals surface area contributed by atoms with E-state index in [4.69, 9.17) is 14.8 Å². The molecule has 0 saturated carbocycles. The Hall–Kier alpha value is -4.71. The van der Waals surface area contributed by atoms with E-state index in [1.807, 2.05) is 30.3 Å². The number of benzene rings is 3. The largest absolute Gasteiger partial charge is 0.481 e. The topological polar surface area (TPSA) is 126 Å². The highest BCUT2D eigenvalue weighted by Gasteiger charge is 2.39. The monoisotopic (exact) mass is 687 g/mol. The fourth-order valence-electron chi connectivity index (χ4n) is 6.62.